The molecule has 0 bridgehead atoms. The molecule has 4 unspecified atom stereocenters. The van der Waals surface area contributed by atoms with Crippen molar-refractivity contribution in [1.29, 1.82) is 0 Å². The molecule has 4 atom stereocenters. The van der Waals surface area contributed by atoms with Crippen molar-refractivity contribution in [3.63, 3.8) is 0 Å². The van der Waals surface area contributed by atoms with Crippen LogP contribution in [-0.2, 0) is 17.6 Å². The van der Waals surface area contributed by atoms with E-state index >= 15 is 0 Å². The summed E-state index contributed by atoms with van der Waals surface area (Å²) in [5.41, 5.74) is 17.4. The molecule has 0 aromatic heterocycles. The Kier molecular flexibility index (Phi) is 13.7. The molecule has 57 heavy (non-hydrogen) atoms. The summed E-state index contributed by atoms with van der Waals surface area (Å²) < 4.78 is 6.06. The minimum atomic E-state index is -0.703. The van der Waals surface area contributed by atoms with Crippen LogP contribution in [0.5, 0.6) is 17.2 Å². The van der Waals surface area contributed by atoms with Crippen molar-refractivity contribution >= 4 is 11.5 Å². The molecule has 0 spiro atoms. The van der Waals surface area contributed by atoms with Crippen molar-refractivity contribution in [3.05, 3.63) is 124 Å². The molecule has 1 saturated carbocycles. The maximum Gasteiger partial charge on any atom is 0.161 e. The Morgan fingerprint density at radius 2 is 1.84 bits per heavy atom. The predicted molar refractivity (Wildman–Crippen MR) is 219 cm³/mol. The number of carbonyl (C=O) groups is 1. The number of aliphatic hydroxyl groups excluding tert-OH is 2. The largest absolute Gasteiger partial charge is 0.875 e. The number of carbonyl (C=O) groups excluding carboxylic acids is 1. The Labute approximate surface area is 335 Å². The lowest BCUT2D eigenvalue weighted by molar-refractivity contribution is -0.307. The van der Waals surface area contributed by atoms with Gasteiger partial charge in [-0.3, -0.25) is 9.79 Å². The lowest BCUT2D eigenvalue weighted by Gasteiger charge is -2.27. The third kappa shape index (κ3) is 10.8. The molecule has 0 amide bonds. The highest BCUT2D eigenvalue weighted by Gasteiger charge is 2.36. The zero-order valence-corrected chi connectivity index (χ0v) is 32.6. The first kappa shape index (κ1) is 41.5. The highest BCUT2D eigenvalue weighted by Crippen LogP contribution is 2.44. The van der Waals surface area contributed by atoms with E-state index in [1.54, 1.807) is 49.5 Å². The van der Waals surface area contributed by atoms with Crippen molar-refractivity contribution in [1.82, 2.24) is 0 Å². The maximum absolute atomic E-state index is 13.7. The summed E-state index contributed by atoms with van der Waals surface area (Å²) in [6.45, 7) is 2.01. The Bertz CT molecular complexity index is 2120. The number of nitrogens with zero attached hydrogens (tertiary/aromatic N) is 1. The number of aliphatic hydroxyl groups is 2. The van der Waals surface area contributed by atoms with Crippen LogP contribution < -0.4 is 21.3 Å². The van der Waals surface area contributed by atoms with E-state index in [0.29, 0.717) is 65.8 Å². The van der Waals surface area contributed by atoms with E-state index in [0.717, 1.165) is 55.2 Å². The van der Waals surface area contributed by atoms with E-state index in [-0.39, 0.29) is 53.7 Å². The van der Waals surface area contributed by atoms with Gasteiger partial charge in [0, 0.05) is 36.1 Å². The van der Waals surface area contributed by atoms with Gasteiger partial charge in [0.15, 0.2) is 17.3 Å². The first-order valence-electron chi connectivity index (χ1n) is 20.0. The average Bonchev–Trinajstić information content (AvgIpc) is 3.82. The molecule has 10 nitrogen and oxygen atoms in total. The lowest BCUT2D eigenvalue weighted by atomic mass is 9.80. The molecule has 1 heterocycles. The number of phenols is 2. The quantitative estimate of drug-likeness (QED) is 0.0437. The summed E-state index contributed by atoms with van der Waals surface area (Å²) in [6.07, 6.45) is 12.9. The number of benzene rings is 3. The zero-order valence-electron chi connectivity index (χ0n) is 32.6. The standard InChI is InChI=1S/C47H55N3O7/c1-30(51)5-2-3-20-47(22-17-36(53)29-47)21-16-35(52)12-8-31-10-15-43(55)45(26-31)57-24-19-32-9-14-42(54)40(25-32)39-28-44(56)38-18-23-50-41(38)7-4-6-33-27-34(46(48)49)11-13-37(33)39/h9-11,13-16,18,21,23,25-27,30,36,39,46,51,53-56H,2-3,5,7-8,12,17,19-20,22,24,28-29,48-49H2,1H3/p-1. The van der Waals surface area contributed by atoms with Crippen molar-refractivity contribution in [2.45, 2.75) is 108 Å². The summed E-state index contributed by atoms with van der Waals surface area (Å²) in [6, 6.07) is 16.0. The van der Waals surface area contributed by atoms with Crippen molar-refractivity contribution in [3.8, 4) is 29.1 Å². The van der Waals surface area contributed by atoms with Gasteiger partial charge in [-0.15, -0.1) is 5.76 Å². The van der Waals surface area contributed by atoms with Crippen molar-refractivity contribution in [2.75, 3.05) is 6.61 Å². The molecule has 300 valence electrons. The van der Waals surface area contributed by atoms with Gasteiger partial charge in [-0.05, 0) is 122 Å². The summed E-state index contributed by atoms with van der Waals surface area (Å²) >= 11 is 0. The van der Waals surface area contributed by atoms with Crippen LogP contribution in [0.25, 0.3) is 0 Å². The molecule has 1 aliphatic heterocycles. The van der Waals surface area contributed by atoms with Crippen LogP contribution in [0.3, 0.4) is 0 Å². The fourth-order valence-electron chi connectivity index (χ4n) is 8.14. The number of hydrogen-bond acceptors (Lipinski definition) is 10. The van der Waals surface area contributed by atoms with Crippen LogP contribution in [0.1, 0.15) is 117 Å². The number of rotatable bonds is 16. The van der Waals surface area contributed by atoms with Crippen LogP contribution in [0.4, 0.5) is 0 Å². The number of aryl methyl sites for hydroxylation is 1. The molecule has 1 fully saturated rings. The van der Waals surface area contributed by atoms with E-state index in [2.05, 4.69) is 16.8 Å². The molecule has 6 rings (SSSR count). The smallest absolute Gasteiger partial charge is 0.161 e. The van der Waals surface area contributed by atoms with Crippen LogP contribution in [-0.4, -0.2) is 50.7 Å². The number of aromatic hydroxyl groups is 2. The second-order valence-electron chi connectivity index (χ2n) is 15.8. The highest BCUT2D eigenvalue weighted by atomic mass is 16.5. The number of aliphatic imine (C=N–C) groups is 1. The third-order valence-corrected chi connectivity index (χ3v) is 11.4. The van der Waals surface area contributed by atoms with E-state index in [1.165, 1.54) is 0 Å². The molecule has 3 aromatic carbocycles. The number of hydrogen-bond donors (Lipinski definition) is 6. The van der Waals surface area contributed by atoms with Crippen molar-refractivity contribution in [2.24, 2.45) is 21.9 Å². The van der Waals surface area contributed by atoms with Crippen LogP contribution >= 0.6 is 0 Å². The van der Waals surface area contributed by atoms with E-state index in [9.17, 15) is 30.3 Å². The van der Waals surface area contributed by atoms with Gasteiger partial charge in [-0.2, -0.15) is 0 Å². The normalized spacial score (nSPS) is 20.9. The fraction of sp³-hybridized carbons (Fsp3) is 0.404. The molecule has 3 aromatic rings. The van der Waals surface area contributed by atoms with Gasteiger partial charge in [0.2, 0.25) is 0 Å². The number of allylic oxidation sites excluding steroid dienone is 5. The average molecular weight is 773 g/mol. The van der Waals surface area contributed by atoms with Crippen LogP contribution in [0.2, 0.25) is 0 Å². The summed E-state index contributed by atoms with van der Waals surface area (Å²) in [5, 5.41) is 55.4. The summed E-state index contributed by atoms with van der Waals surface area (Å²) in [5.74, 6) is 6.12. The Hall–Kier alpha value is -5.18. The van der Waals surface area contributed by atoms with E-state index in [1.807, 2.05) is 36.4 Å². The van der Waals surface area contributed by atoms with Crippen LogP contribution in [0, 0.1) is 17.3 Å². The van der Waals surface area contributed by atoms with Crippen molar-refractivity contribution < 1.29 is 35.1 Å². The SMILES string of the molecule is CC(O)CCCCC1(C=CC(=O)CCc2ccc(O)c(OCCc3ccc(O)c(C4CC([O-])=C5C=CN=C5CC#Cc5cc(C(N)N)ccc54)c3)c2)CCC(O)C1. The molecular weight excluding hydrogens is 719 g/mol. The van der Waals surface area contributed by atoms with Crippen LogP contribution in [0.15, 0.2) is 95.3 Å². The number of ether oxygens (including phenoxy) is 1. The van der Waals surface area contributed by atoms with Gasteiger partial charge >= 0.3 is 0 Å². The third-order valence-electron chi connectivity index (χ3n) is 11.4. The number of fused-ring (bicyclic) bond motifs is 2. The van der Waals surface area contributed by atoms with E-state index in [4.69, 9.17) is 16.2 Å². The molecular formula is C47H54N3O7-. The number of ketones is 1. The molecule has 8 N–H and O–H groups in total. The molecule has 0 radical (unpaired) electrons. The highest BCUT2D eigenvalue weighted by molar-refractivity contribution is 6.06. The molecule has 2 aliphatic carbocycles. The zero-order chi connectivity index (χ0) is 40.5. The Morgan fingerprint density at radius 1 is 1.05 bits per heavy atom. The maximum atomic E-state index is 13.7. The van der Waals surface area contributed by atoms with E-state index < -0.39 is 12.1 Å². The van der Waals surface area contributed by atoms with Gasteiger partial charge in [-0.1, -0.05) is 61.1 Å². The number of phenolic OH excluding ortho intramolecular Hbond substituents is 2. The summed E-state index contributed by atoms with van der Waals surface area (Å²) in [7, 11) is 0. The molecule has 10 heteroatoms. The summed E-state index contributed by atoms with van der Waals surface area (Å²) in [4.78, 5) is 17.3. The molecule has 3 aliphatic rings. The Morgan fingerprint density at radius 3 is 2.60 bits per heavy atom. The minimum Gasteiger partial charge on any atom is -0.875 e. The fourth-order valence-corrected chi connectivity index (χ4v) is 8.14. The van der Waals surface area contributed by atoms with Gasteiger partial charge in [0.05, 0.1) is 37.1 Å². The van der Waals surface area contributed by atoms with Gasteiger partial charge in [0.1, 0.15) is 5.75 Å². The van der Waals surface area contributed by atoms with Gasteiger partial charge in [0.25, 0.3) is 0 Å². The second-order valence-corrected chi connectivity index (χ2v) is 15.8. The topological polar surface area (TPSA) is 195 Å². The minimum absolute atomic E-state index is 0.000490. The van der Waals surface area contributed by atoms with Gasteiger partial charge < -0.3 is 41.7 Å². The lowest BCUT2D eigenvalue weighted by Crippen LogP contribution is -2.21. The predicted octanol–water partition coefficient (Wildman–Crippen LogP) is 6.03. The van der Waals surface area contributed by atoms with Gasteiger partial charge in [-0.25, -0.2) is 0 Å². The molecule has 0 saturated heterocycles. The number of unbranched alkanes of at least 4 members (excludes halogenated alkanes) is 1. The first-order chi connectivity index (χ1) is 27.4. The monoisotopic (exact) mass is 772 g/mol. The first-order valence-corrected chi connectivity index (χ1v) is 20.0. The second kappa shape index (κ2) is 18.8. The number of nitrogens with two attached hydrogens (primary N) is 2. The Balaban J connectivity index is 1.12.